The third kappa shape index (κ3) is 3.65. The van der Waals surface area contributed by atoms with Crippen molar-refractivity contribution in [2.45, 2.75) is 6.54 Å². The number of fused-ring (bicyclic) bond motifs is 1. The number of benzene rings is 2. The van der Waals surface area contributed by atoms with E-state index in [4.69, 9.17) is 5.73 Å². The van der Waals surface area contributed by atoms with Crippen LogP contribution in [0.25, 0.3) is 33.3 Å². The van der Waals surface area contributed by atoms with Gasteiger partial charge in [0.2, 0.25) is 5.95 Å². The maximum Gasteiger partial charge on any atom is 0.256 e. The summed E-state index contributed by atoms with van der Waals surface area (Å²) in [4.78, 5) is 24.5. The zero-order valence-corrected chi connectivity index (χ0v) is 16.4. The van der Waals surface area contributed by atoms with Crippen LogP contribution >= 0.6 is 0 Å². The maximum atomic E-state index is 14.6. The van der Waals surface area contributed by atoms with Crippen molar-refractivity contribution < 1.29 is 8.78 Å². The van der Waals surface area contributed by atoms with Gasteiger partial charge >= 0.3 is 0 Å². The van der Waals surface area contributed by atoms with Gasteiger partial charge in [-0.1, -0.05) is 24.3 Å². The van der Waals surface area contributed by atoms with Crippen LogP contribution in [0.3, 0.4) is 0 Å². The van der Waals surface area contributed by atoms with Gasteiger partial charge in [0, 0.05) is 34.6 Å². The SMILES string of the molecule is CN(C)Cc1cccc(-c2nc(-c3ccc4c(=O)[nH]cc(F)c4c3)c(N)nc2F)c1. The summed E-state index contributed by atoms with van der Waals surface area (Å²) in [5, 5.41) is 0.320. The van der Waals surface area contributed by atoms with E-state index in [0.29, 0.717) is 17.7 Å². The fourth-order valence-electron chi connectivity index (χ4n) is 3.38. The lowest BCUT2D eigenvalue weighted by molar-refractivity contribution is 0.402. The number of nitrogens with two attached hydrogens (primary N) is 1. The van der Waals surface area contributed by atoms with Gasteiger partial charge in [-0.25, -0.2) is 9.37 Å². The number of nitrogens with zero attached hydrogens (tertiary/aromatic N) is 3. The molecule has 0 amide bonds. The van der Waals surface area contributed by atoms with E-state index in [1.165, 1.54) is 12.1 Å². The number of nitrogens with one attached hydrogen (secondary N) is 1. The minimum atomic E-state index is -0.790. The smallest absolute Gasteiger partial charge is 0.256 e. The molecular formula is C22H19F2N5O. The molecule has 30 heavy (non-hydrogen) atoms. The first-order valence-electron chi connectivity index (χ1n) is 9.22. The van der Waals surface area contributed by atoms with Gasteiger partial charge in [0.25, 0.3) is 5.56 Å². The Morgan fingerprint density at radius 2 is 1.77 bits per heavy atom. The Labute approximate surface area is 171 Å². The number of hydrogen-bond donors (Lipinski definition) is 2. The summed E-state index contributed by atoms with van der Waals surface area (Å²) < 4.78 is 28.8. The van der Waals surface area contributed by atoms with Crippen molar-refractivity contribution in [1.82, 2.24) is 19.9 Å². The van der Waals surface area contributed by atoms with E-state index in [0.717, 1.165) is 11.8 Å². The molecule has 6 nitrogen and oxygen atoms in total. The summed E-state index contributed by atoms with van der Waals surface area (Å²) in [5.74, 6) is -1.50. The second-order valence-electron chi connectivity index (χ2n) is 7.26. The number of nitrogen functional groups attached to an aromatic ring is 1. The lowest BCUT2D eigenvalue weighted by Crippen LogP contribution is -2.10. The van der Waals surface area contributed by atoms with Crippen LogP contribution in [0.2, 0.25) is 0 Å². The zero-order valence-electron chi connectivity index (χ0n) is 16.4. The van der Waals surface area contributed by atoms with Crippen LogP contribution in [0.5, 0.6) is 0 Å². The standard InChI is InChI=1S/C22H19F2N5O/c1-29(2)11-12-4-3-5-13(8-12)18-20(24)28-21(25)19(27-18)14-6-7-15-16(9-14)17(23)10-26-22(15)30/h3-10H,11H2,1-2H3,(H2,25,28)(H,26,30). The number of aromatic amines is 1. The number of aromatic nitrogens is 3. The van der Waals surface area contributed by atoms with Gasteiger partial charge in [-0.3, -0.25) is 4.79 Å². The van der Waals surface area contributed by atoms with Gasteiger partial charge in [-0.05, 0) is 37.9 Å². The van der Waals surface area contributed by atoms with E-state index in [1.54, 1.807) is 12.1 Å². The molecule has 0 radical (unpaired) electrons. The highest BCUT2D eigenvalue weighted by Crippen LogP contribution is 2.30. The molecule has 2 heterocycles. The normalized spacial score (nSPS) is 11.4. The molecule has 0 atom stereocenters. The molecule has 8 heteroatoms. The third-order valence-corrected chi connectivity index (χ3v) is 4.70. The summed E-state index contributed by atoms with van der Waals surface area (Å²) in [7, 11) is 3.89. The van der Waals surface area contributed by atoms with Crippen LogP contribution in [0.1, 0.15) is 5.56 Å². The van der Waals surface area contributed by atoms with Crippen molar-refractivity contribution in [3.05, 3.63) is 76.3 Å². The lowest BCUT2D eigenvalue weighted by Gasteiger charge is -2.12. The van der Waals surface area contributed by atoms with Crippen molar-refractivity contribution in [2.75, 3.05) is 19.8 Å². The van der Waals surface area contributed by atoms with Crippen molar-refractivity contribution in [2.24, 2.45) is 0 Å². The quantitative estimate of drug-likeness (QED) is 0.540. The molecule has 2 aromatic carbocycles. The molecule has 2 aromatic heterocycles. The van der Waals surface area contributed by atoms with Gasteiger partial charge in [0.1, 0.15) is 17.2 Å². The second-order valence-corrected chi connectivity index (χ2v) is 7.26. The second kappa shape index (κ2) is 7.64. The molecular weight excluding hydrogens is 388 g/mol. The molecule has 0 saturated heterocycles. The van der Waals surface area contributed by atoms with Crippen molar-refractivity contribution in [3.63, 3.8) is 0 Å². The minimum Gasteiger partial charge on any atom is -0.382 e. The summed E-state index contributed by atoms with van der Waals surface area (Å²) in [6.45, 7) is 0.684. The van der Waals surface area contributed by atoms with Gasteiger partial charge in [0.05, 0.1) is 0 Å². The molecule has 0 spiro atoms. The van der Waals surface area contributed by atoms with E-state index < -0.39 is 17.3 Å². The predicted molar refractivity (Wildman–Crippen MR) is 113 cm³/mol. The fraction of sp³-hybridized carbons (Fsp3) is 0.136. The Morgan fingerprint density at radius 3 is 2.53 bits per heavy atom. The molecule has 4 rings (SSSR count). The number of H-pyrrole nitrogens is 1. The Bertz CT molecular complexity index is 1320. The van der Waals surface area contributed by atoms with Crippen molar-refractivity contribution >= 4 is 16.6 Å². The maximum absolute atomic E-state index is 14.6. The summed E-state index contributed by atoms with van der Waals surface area (Å²) >= 11 is 0. The largest absolute Gasteiger partial charge is 0.382 e. The molecule has 3 N–H and O–H groups in total. The fourth-order valence-corrected chi connectivity index (χ4v) is 3.38. The average molecular weight is 407 g/mol. The van der Waals surface area contributed by atoms with Crippen LogP contribution in [0.15, 0.2) is 53.5 Å². The summed E-state index contributed by atoms with van der Waals surface area (Å²) in [6.07, 6.45) is 0.996. The van der Waals surface area contributed by atoms with Gasteiger partial charge < -0.3 is 15.6 Å². The van der Waals surface area contributed by atoms with E-state index >= 15 is 0 Å². The zero-order chi connectivity index (χ0) is 21.4. The van der Waals surface area contributed by atoms with Crippen LogP contribution in [0, 0.1) is 11.8 Å². The topological polar surface area (TPSA) is 87.9 Å². The lowest BCUT2D eigenvalue weighted by atomic mass is 10.0. The van der Waals surface area contributed by atoms with E-state index in [1.807, 2.05) is 37.2 Å². The first-order chi connectivity index (χ1) is 14.3. The van der Waals surface area contributed by atoms with Crippen LogP contribution in [-0.2, 0) is 6.54 Å². The Morgan fingerprint density at radius 1 is 1.00 bits per heavy atom. The highest BCUT2D eigenvalue weighted by molar-refractivity contribution is 5.88. The summed E-state index contributed by atoms with van der Waals surface area (Å²) in [5.41, 5.74) is 7.76. The first kappa shape index (κ1) is 19.7. The highest BCUT2D eigenvalue weighted by Gasteiger charge is 2.17. The predicted octanol–water partition coefficient (Wildman–Crippen LogP) is 3.57. The van der Waals surface area contributed by atoms with Gasteiger partial charge in [-0.2, -0.15) is 9.37 Å². The Hall–Kier alpha value is -3.65. The minimum absolute atomic E-state index is 0.0475. The van der Waals surface area contributed by atoms with Crippen LogP contribution < -0.4 is 11.3 Å². The number of rotatable bonds is 4. The van der Waals surface area contributed by atoms with Gasteiger partial charge in [0.15, 0.2) is 5.82 Å². The average Bonchev–Trinajstić information content (AvgIpc) is 2.70. The monoisotopic (exact) mass is 407 g/mol. The van der Waals surface area contributed by atoms with E-state index in [2.05, 4.69) is 15.0 Å². The van der Waals surface area contributed by atoms with Crippen LogP contribution in [-0.4, -0.2) is 33.9 Å². The molecule has 4 aromatic rings. The van der Waals surface area contributed by atoms with E-state index in [-0.39, 0.29) is 28.0 Å². The molecule has 0 bridgehead atoms. The molecule has 0 aliphatic carbocycles. The third-order valence-electron chi connectivity index (χ3n) is 4.70. The molecule has 0 saturated carbocycles. The van der Waals surface area contributed by atoms with Crippen LogP contribution in [0.4, 0.5) is 14.6 Å². The molecule has 0 aliphatic heterocycles. The number of pyridine rings is 1. The van der Waals surface area contributed by atoms with E-state index in [9.17, 15) is 13.6 Å². The van der Waals surface area contributed by atoms with Gasteiger partial charge in [-0.15, -0.1) is 0 Å². The molecule has 152 valence electrons. The first-order valence-corrected chi connectivity index (χ1v) is 9.22. The Kier molecular flexibility index (Phi) is 5.01. The highest BCUT2D eigenvalue weighted by atomic mass is 19.1. The molecule has 0 unspecified atom stereocenters. The summed E-state index contributed by atoms with van der Waals surface area (Å²) in [6, 6.07) is 11.9. The number of halogens is 2. The van der Waals surface area contributed by atoms with Crippen molar-refractivity contribution in [1.29, 1.82) is 0 Å². The molecule has 0 fully saturated rings. The van der Waals surface area contributed by atoms with Crippen molar-refractivity contribution in [3.8, 4) is 22.5 Å². The Balaban J connectivity index is 1.86. The number of hydrogen-bond acceptors (Lipinski definition) is 5. The molecule has 0 aliphatic rings. The number of anilines is 1.